The first-order valence-corrected chi connectivity index (χ1v) is 6.30. The van der Waals surface area contributed by atoms with Crippen molar-refractivity contribution in [3.05, 3.63) is 35.9 Å². The normalized spacial score (nSPS) is 24.3. The topological polar surface area (TPSA) is 34.1 Å². The summed E-state index contributed by atoms with van der Waals surface area (Å²) >= 11 is 0. The molecule has 0 aliphatic heterocycles. The number of hydrogen-bond donors (Lipinski definition) is 0. The number of rotatable bonds is 3. The first-order chi connectivity index (χ1) is 8.20. The molecule has 0 heterocycles. The molecule has 1 saturated carbocycles. The van der Waals surface area contributed by atoms with E-state index in [1.807, 2.05) is 30.3 Å². The van der Waals surface area contributed by atoms with E-state index >= 15 is 0 Å². The van der Waals surface area contributed by atoms with Gasteiger partial charge in [0.15, 0.2) is 5.78 Å². The fourth-order valence-corrected chi connectivity index (χ4v) is 2.75. The zero-order valence-electron chi connectivity index (χ0n) is 10.2. The lowest BCUT2D eigenvalue weighted by molar-refractivity contribution is -0.122. The predicted octanol–water partition coefficient (Wildman–Crippen LogP) is 3.26. The molecule has 2 atom stereocenters. The Morgan fingerprint density at radius 3 is 2.18 bits per heavy atom. The Bertz CT molecular complexity index is 408. The highest BCUT2D eigenvalue weighted by Gasteiger charge is 2.33. The number of carbonyl (C=O) groups excluding carboxylic acids is 2. The third-order valence-electron chi connectivity index (χ3n) is 3.68. The maximum absolute atomic E-state index is 12.4. The van der Waals surface area contributed by atoms with Gasteiger partial charge in [-0.2, -0.15) is 0 Å². The van der Waals surface area contributed by atoms with Gasteiger partial charge in [0.05, 0.1) is 0 Å². The van der Waals surface area contributed by atoms with E-state index < -0.39 is 0 Å². The van der Waals surface area contributed by atoms with Crippen LogP contribution in [0.1, 0.15) is 43.0 Å². The number of hydrogen-bond acceptors (Lipinski definition) is 2. The first-order valence-electron chi connectivity index (χ1n) is 6.30. The monoisotopic (exact) mass is 230 g/mol. The van der Waals surface area contributed by atoms with Gasteiger partial charge in [-0.3, -0.25) is 9.59 Å². The minimum atomic E-state index is -0.0938. The Kier molecular flexibility index (Phi) is 3.72. The van der Waals surface area contributed by atoms with Crippen molar-refractivity contribution in [1.29, 1.82) is 0 Å². The van der Waals surface area contributed by atoms with E-state index in [4.69, 9.17) is 0 Å². The third kappa shape index (κ3) is 2.63. The van der Waals surface area contributed by atoms with Gasteiger partial charge < -0.3 is 0 Å². The minimum Gasteiger partial charge on any atom is -0.300 e. The molecule has 0 amide bonds. The second kappa shape index (κ2) is 5.26. The van der Waals surface area contributed by atoms with Crippen LogP contribution in [0.5, 0.6) is 0 Å². The van der Waals surface area contributed by atoms with Crippen molar-refractivity contribution in [3.63, 3.8) is 0 Å². The van der Waals surface area contributed by atoms with Gasteiger partial charge in [-0.25, -0.2) is 0 Å². The molecule has 2 rings (SSSR count). The molecule has 1 fully saturated rings. The van der Waals surface area contributed by atoms with Crippen molar-refractivity contribution in [2.75, 3.05) is 0 Å². The van der Waals surface area contributed by atoms with Crippen LogP contribution in [-0.4, -0.2) is 11.6 Å². The molecule has 0 saturated heterocycles. The van der Waals surface area contributed by atoms with Gasteiger partial charge in [0.2, 0.25) is 0 Å². The first kappa shape index (κ1) is 12.0. The summed E-state index contributed by atoms with van der Waals surface area (Å²) < 4.78 is 0. The van der Waals surface area contributed by atoms with E-state index in [0.717, 1.165) is 31.2 Å². The highest BCUT2D eigenvalue weighted by atomic mass is 16.1. The lowest BCUT2D eigenvalue weighted by atomic mass is 9.74. The van der Waals surface area contributed by atoms with Crippen LogP contribution in [0.2, 0.25) is 0 Å². The Morgan fingerprint density at radius 1 is 1.00 bits per heavy atom. The van der Waals surface area contributed by atoms with Crippen LogP contribution >= 0.6 is 0 Å². The molecular formula is C15H18O2. The number of Topliss-reactive ketones (excluding diaryl/α,β-unsaturated/α-hetero) is 2. The number of carbonyl (C=O) groups is 2. The Hall–Kier alpha value is -1.44. The van der Waals surface area contributed by atoms with Crippen LogP contribution in [0.4, 0.5) is 0 Å². The van der Waals surface area contributed by atoms with Gasteiger partial charge >= 0.3 is 0 Å². The van der Waals surface area contributed by atoms with Crippen LogP contribution in [0, 0.1) is 11.8 Å². The summed E-state index contributed by atoms with van der Waals surface area (Å²) in [4.78, 5) is 24.0. The molecule has 1 aliphatic carbocycles. The van der Waals surface area contributed by atoms with Gasteiger partial charge in [0.25, 0.3) is 0 Å². The van der Waals surface area contributed by atoms with Crippen LogP contribution in [0.3, 0.4) is 0 Å². The van der Waals surface area contributed by atoms with Crippen molar-refractivity contribution in [2.24, 2.45) is 11.8 Å². The second-order valence-electron chi connectivity index (χ2n) is 4.84. The fraction of sp³-hybridized carbons (Fsp3) is 0.467. The highest BCUT2D eigenvalue weighted by Crippen LogP contribution is 2.33. The standard InChI is InChI=1S/C15H18O2/c1-11(16)13-9-5-6-10-14(13)15(17)12-7-3-2-4-8-12/h2-4,7-8,13-14H,5-6,9-10H2,1H3. The SMILES string of the molecule is CC(=O)C1CCCCC1C(=O)c1ccccc1. The lowest BCUT2D eigenvalue weighted by Gasteiger charge is -2.28. The van der Waals surface area contributed by atoms with E-state index in [0.29, 0.717) is 0 Å². The zero-order valence-corrected chi connectivity index (χ0v) is 10.2. The van der Waals surface area contributed by atoms with Crippen molar-refractivity contribution < 1.29 is 9.59 Å². The molecule has 2 unspecified atom stereocenters. The molecule has 1 aromatic carbocycles. The predicted molar refractivity (Wildman–Crippen MR) is 66.9 cm³/mol. The summed E-state index contributed by atoms with van der Waals surface area (Å²) in [6.45, 7) is 1.61. The number of ketones is 2. The van der Waals surface area contributed by atoms with Crippen LogP contribution in [0.25, 0.3) is 0 Å². The maximum atomic E-state index is 12.4. The summed E-state index contributed by atoms with van der Waals surface area (Å²) in [5.74, 6) is 0.157. The quantitative estimate of drug-likeness (QED) is 0.747. The van der Waals surface area contributed by atoms with Crippen molar-refractivity contribution in [3.8, 4) is 0 Å². The van der Waals surface area contributed by atoms with Gasteiger partial charge in [-0.15, -0.1) is 0 Å². The van der Waals surface area contributed by atoms with E-state index in [9.17, 15) is 9.59 Å². The Morgan fingerprint density at radius 2 is 1.59 bits per heavy atom. The zero-order chi connectivity index (χ0) is 12.3. The Balaban J connectivity index is 2.20. The lowest BCUT2D eigenvalue weighted by Crippen LogP contribution is -2.31. The van der Waals surface area contributed by atoms with E-state index in [2.05, 4.69) is 0 Å². The number of benzene rings is 1. The molecule has 2 heteroatoms. The molecule has 0 aromatic heterocycles. The van der Waals surface area contributed by atoms with Crippen LogP contribution in [0.15, 0.2) is 30.3 Å². The van der Waals surface area contributed by atoms with E-state index in [-0.39, 0.29) is 23.4 Å². The smallest absolute Gasteiger partial charge is 0.166 e. The maximum Gasteiger partial charge on any atom is 0.166 e. The molecule has 2 nitrogen and oxygen atoms in total. The molecule has 0 spiro atoms. The summed E-state index contributed by atoms with van der Waals surface area (Å²) in [5, 5.41) is 0. The van der Waals surface area contributed by atoms with Crippen LogP contribution < -0.4 is 0 Å². The van der Waals surface area contributed by atoms with Gasteiger partial charge in [-0.05, 0) is 19.8 Å². The third-order valence-corrected chi connectivity index (χ3v) is 3.68. The van der Waals surface area contributed by atoms with Crippen molar-refractivity contribution in [2.45, 2.75) is 32.6 Å². The average molecular weight is 230 g/mol. The van der Waals surface area contributed by atoms with Crippen LogP contribution in [-0.2, 0) is 4.79 Å². The van der Waals surface area contributed by atoms with E-state index in [1.165, 1.54) is 0 Å². The van der Waals surface area contributed by atoms with Crippen molar-refractivity contribution >= 4 is 11.6 Å². The molecule has 1 aromatic rings. The molecule has 90 valence electrons. The van der Waals surface area contributed by atoms with Gasteiger partial charge in [0.1, 0.15) is 5.78 Å². The molecule has 0 radical (unpaired) electrons. The largest absolute Gasteiger partial charge is 0.300 e. The van der Waals surface area contributed by atoms with E-state index in [1.54, 1.807) is 6.92 Å². The highest BCUT2D eigenvalue weighted by molar-refractivity contribution is 6.00. The van der Waals surface area contributed by atoms with Crippen molar-refractivity contribution in [1.82, 2.24) is 0 Å². The summed E-state index contributed by atoms with van der Waals surface area (Å²) in [7, 11) is 0. The molecule has 17 heavy (non-hydrogen) atoms. The Labute approximate surface area is 102 Å². The second-order valence-corrected chi connectivity index (χ2v) is 4.84. The fourth-order valence-electron chi connectivity index (χ4n) is 2.75. The molecule has 1 aliphatic rings. The van der Waals surface area contributed by atoms with Gasteiger partial charge in [-0.1, -0.05) is 43.2 Å². The molecule has 0 N–H and O–H groups in total. The van der Waals surface area contributed by atoms with Gasteiger partial charge in [0, 0.05) is 17.4 Å². The summed E-state index contributed by atoms with van der Waals surface area (Å²) in [5.41, 5.74) is 0.741. The summed E-state index contributed by atoms with van der Waals surface area (Å²) in [6, 6.07) is 9.33. The average Bonchev–Trinajstić information content (AvgIpc) is 2.39. The minimum absolute atomic E-state index is 0.0588. The molecular weight excluding hydrogens is 212 g/mol. The summed E-state index contributed by atoms with van der Waals surface area (Å²) in [6.07, 6.45) is 3.87. The molecule has 0 bridgehead atoms.